The predicted molar refractivity (Wildman–Crippen MR) is 84.9 cm³/mol. The standard InChI is InChI=1S/C13H12IN3OS/c1-7-6-15-12(18-7)8(2)17-11-4-3-9(14)5-10(11)16-13(17)19/h3-6,8H,1-2H3,(H,16,19). The van der Waals surface area contributed by atoms with Gasteiger partial charge >= 0.3 is 0 Å². The van der Waals surface area contributed by atoms with Gasteiger partial charge in [-0.05, 0) is 66.9 Å². The van der Waals surface area contributed by atoms with Crippen molar-refractivity contribution in [1.82, 2.24) is 14.5 Å². The Morgan fingerprint density at radius 2 is 2.26 bits per heavy atom. The Bertz CT molecular complexity index is 802. The van der Waals surface area contributed by atoms with Gasteiger partial charge < -0.3 is 14.0 Å². The maximum Gasteiger partial charge on any atom is 0.217 e. The van der Waals surface area contributed by atoms with Gasteiger partial charge in [0, 0.05) is 3.57 Å². The minimum Gasteiger partial charge on any atom is -0.444 e. The molecular formula is C13H12IN3OS. The minimum atomic E-state index is -0.0324. The summed E-state index contributed by atoms with van der Waals surface area (Å²) in [5.41, 5.74) is 2.10. The van der Waals surface area contributed by atoms with Gasteiger partial charge in [-0.1, -0.05) is 0 Å². The summed E-state index contributed by atoms with van der Waals surface area (Å²) in [4.78, 5) is 7.52. The smallest absolute Gasteiger partial charge is 0.217 e. The normalized spacial score (nSPS) is 13.0. The van der Waals surface area contributed by atoms with Gasteiger partial charge in [0.1, 0.15) is 11.8 Å². The number of hydrogen-bond donors (Lipinski definition) is 1. The van der Waals surface area contributed by atoms with E-state index in [2.05, 4.69) is 50.8 Å². The molecule has 0 aliphatic carbocycles. The molecular weight excluding hydrogens is 373 g/mol. The first-order valence-corrected chi connectivity index (χ1v) is 7.37. The Hall–Kier alpha value is -1.15. The number of aromatic amines is 1. The van der Waals surface area contributed by atoms with Crippen LogP contribution in [0.4, 0.5) is 0 Å². The van der Waals surface area contributed by atoms with Crippen molar-refractivity contribution >= 4 is 45.8 Å². The molecule has 0 amide bonds. The van der Waals surface area contributed by atoms with Crippen LogP contribution in [0.15, 0.2) is 28.8 Å². The molecule has 2 heterocycles. The van der Waals surface area contributed by atoms with Crippen molar-refractivity contribution in [3.63, 3.8) is 0 Å². The van der Waals surface area contributed by atoms with Crippen molar-refractivity contribution in [1.29, 1.82) is 0 Å². The number of oxazole rings is 1. The molecule has 1 N–H and O–H groups in total. The lowest BCUT2D eigenvalue weighted by Crippen LogP contribution is -2.07. The number of halogens is 1. The highest BCUT2D eigenvalue weighted by Crippen LogP contribution is 2.25. The zero-order valence-electron chi connectivity index (χ0n) is 10.5. The molecule has 0 bridgehead atoms. The van der Waals surface area contributed by atoms with Gasteiger partial charge in [0.15, 0.2) is 4.77 Å². The summed E-state index contributed by atoms with van der Waals surface area (Å²) < 4.78 is 9.49. The first kappa shape index (κ1) is 12.9. The Labute approximate surface area is 129 Å². The van der Waals surface area contributed by atoms with Crippen molar-refractivity contribution in [2.24, 2.45) is 0 Å². The van der Waals surface area contributed by atoms with Crippen molar-refractivity contribution in [3.8, 4) is 0 Å². The van der Waals surface area contributed by atoms with Crippen molar-refractivity contribution in [2.75, 3.05) is 0 Å². The number of nitrogens with one attached hydrogen (secondary N) is 1. The van der Waals surface area contributed by atoms with Crippen LogP contribution >= 0.6 is 34.8 Å². The Kier molecular flexibility index (Phi) is 3.22. The van der Waals surface area contributed by atoms with Crippen molar-refractivity contribution < 1.29 is 4.42 Å². The number of benzene rings is 1. The van der Waals surface area contributed by atoms with E-state index in [0.29, 0.717) is 10.7 Å². The summed E-state index contributed by atoms with van der Waals surface area (Å²) >= 11 is 7.70. The first-order valence-electron chi connectivity index (χ1n) is 5.88. The molecule has 1 aromatic carbocycles. The summed E-state index contributed by atoms with van der Waals surface area (Å²) in [6.07, 6.45) is 1.73. The summed E-state index contributed by atoms with van der Waals surface area (Å²) in [5, 5.41) is 0. The highest BCUT2D eigenvalue weighted by atomic mass is 127. The Morgan fingerprint density at radius 3 is 2.95 bits per heavy atom. The summed E-state index contributed by atoms with van der Waals surface area (Å²) in [6, 6.07) is 6.18. The van der Waals surface area contributed by atoms with Gasteiger partial charge in [-0.25, -0.2) is 4.98 Å². The molecule has 3 rings (SSSR count). The molecule has 3 aromatic rings. The van der Waals surface area contributed by atoms with Crippen molar-refractivity contribution in [3.05, 3.63) is 44.4 Å². The lowest BCUT2D eigenvalue weighted by molar-refractivity contribution is 0.417. The molecule has 19 heavy (non-hydrogen) atoms. The second-order valence-electron chi connectivity index (χ2n) is 4.45. The van der Waals surface area contributed by atoms with Gasteiger partial charge in [-0.3, -0.25) is 0 Å². The number of H-pyrrole nitrogens is 1. The number of rotatable bonds is 2. The van der Waals surface area contributed by atoms with E-state index in [4.69, 9.17) is 16.6 Å². The van der Waals surface area contributed by atoms with Crippen LogP contribution in [0.1, 0.15) is 24.6 Å². The van der Waals surface area contributed by atoms with E-state index in [1.807, 2.05) is 18.4 Å². The third-order valence-corrected chi connectivity index (χ3v) is 4.03. The number of nitrogens with zero attached hydrogens (tertiary/aromatic N) is 2. The average Bonchev–Trinajstić information content (AvgIpc) is 2.91. The molecule has 0 fully saturated rings. The molecule has 0 aliphatic rings. The number of aryl methyl sites for hydroxylation is 1. The average molecular weight is 385 g/mol. The second-order valence-corrected chi connectivity index (χ2v) is 6.08. The molecule has 0 spiro atoms. The maximum atomic E-state index is 5.60. The van der Waals surface area contributed by atoms with Crippen LogP contribution in [-0.2, 0) is 0 Å². The molecule has 98 valence electrons. The van der Waals surface area contributed by atoms with Gasteiger partial charge in [0.25, 0.3) is 0 Å². The molecule has 0 saturated carbocycles. The predicted octanol–water partition coefficient (Wildman–Crippen LogP) is 4.21. The van der Waals surface area contributed by atoms with Crippen LogP contribution in [0.2, 0.25) is 0 Å². The minimum absolute atomic E-state index is 0.0324. The van der Waals surface area contributed by atoms with Crippen LogP contribution < -0.4 is 0 Å². The van der Waals surface area contributed by atoms with E-state index in [1.54, 1.807) is 6.20 Å². The molecule has 0 radical (unpaired) electrons. The molecule has 0 aliphatic heterocycles. The fraction of sp³-hybridized carbons (Fsp3) is 0.231. The quantitative estimate of drug-likeness (QED) is 0.531. The lowest BCUT2D eigenvalue weighted by atomic mass is 10.3. The van der Waals surface area contributed by atoms with E-state index in [9.17, 15) is 0 Å². The highest BCUT2D eigenvalue weighted by Gasteiger charge is 2.17. The SMILES string of the molecule is Cc1cnc(C(C)n2c(=S)[nH]c3cc(I)ccc32)o1. The summed E-state index contributed by atoms with van der Waals surface area (Å²) in [7, 11) is 0. The molecule has 6 heteroatoms. The number of aromatic nitrogens is 3. The number of fused-ring (bicyclic) bond motifs is 1. The van der Waals surface area contributed by atoms with E-state index in [0.717, 1.165) is 16.8 Å². The summed E-state index contributed by atoms with van der Waals surface area (Å²) in [6.45, 7) is 3.92. The van der Waals surface area contributed by atoms with E-state index >= 15 is 0 Å². The summed E-state index contributed by atoms with van der Waals surface area (Å²) in [5.74, 6) is 1.48. The zero-order valence-corrected chi connectivity index (χ0v) is 13.4. The van der Waals surface area contributed by atoms with Crippen LogP contribution in [0.3, 0.4) is 0 Å². The highest BCUT2D eigenvalue weighted by molar-refractivity contribution is 14.1. The largest absolute Gasteiger partial charge is 0.444 e. The van der Waals surface area contributed by atoms with Crippen molar-refractivity contribution in [2.45, 2.75) is 19.9 Å². The van der Waals surface area contributed by atoms with E-state index < -0.39 is 0 Å². The molecule has 0 saturated heterocycles. The van der Waals surface area contributed by atoms with Crippen LogP contribution in [0.25, 0.3) is 11.0 Å². The van der Waals surface area contributed by atoms with Crippen LogP contribution in [0, 0.1) is 15.3 Å². The third-order valence-electron chi connectivity index (χ3n) is 3.06. The Morgan fingerprint density at radius 1 is 1.47 bits per heavy atom. The number of hydrogen-bond acceptors (Lipinski definition) is 3. The van der Waals surface area contributed by atoms with E-state index in [1.165, 1.54) is 3.57 Å². The molecule has 4 nitrogen and oxygen atoms in total. The fourth-order valence-electron chi connectivity index (χ4n) is 2.16. The van der Waals surface area contributed by atoms with Gasteiger partial charge in [0.05, 0.1) is 17.2 Å². The van der Waals surface area contributed by atoms with Gasteiger partial charge in [-0.2, -0.15) is 0 Å². The fourth-order valence-corrected chi connectivity index (χ4v) is 3.02. The third kappa shape index (κ3) is 2.23. The topological polar surface area (TPSA) is 46.8 Å². The van der Waals surface area contributed by atoms with Crippen LogP contribution in [0.5, 0.6) is 0 Å². The molecule has 1 atom stereocenters. The number of imidazole rings is 1. The van der Waals surface area contributed by atoms with E-state index in [-0.39, 0.29) is 6.04 Å². The Balaban J connectivity index is 2.19. The lowest BCUT2D eigenvalue weighted by Gasteiger charge is -2.10. The molecule has 2 aromatic heterocycles. The van der Waals surface area contributed by atoms with Gasteiger partial charge in [-0.15, -0.1) is 0 Å². The molecule has 1 unspecified atom stereocenters. The second kappa shape index (κ2) is 4.75. The zero-order chi connectivity index (χ0) is 13.6. The van der Waals surface area contributed by atoms with Gasteiger partial charge in [0.2, 0.25) is 5.89 Å². The monoisotopic (exact) mass is 385 g/mol. The first-order chi connectivity index (χ1) is 9.06. The van der Waals surface area contributed by atoms with Crippen LogP contribution in [-0.4, -0.2) is 14.5 Å². The maximum absolute atomic E-state index is 5.60.